The monoisotopic (exact) mass is 362 g/mol. The molecule has 0 fully saturated rings. The molecule has 0 saturated heterocycles. The van der Waals surface area contributed by atoms with Crippen molar-refractivity contribution in [3.63, 3.8) is 0 Å². The average Bonchev–Trinajstić information content (AvgIpc) is 2.93. The van der Waals surface area contributed by atoms with Crippen LogP contribution < -0.4 is 16.1 Å². The van der Waals surface area contributed by atoms with E-state index in [1.54, 1.807) is 24.4 Å². The van der Waals surface area contributed by atoms with Gasteiger partial charge in [0, 0.05) is 17.3 Å². The van der Waals surface area contributed by atoms with Crippen molar-refractivity contribution in [1.29, 1.82) is 0 Å². The van der Waals surface area contributed by atoms with Gasteiger partial charge in [0.15, 0.2) is 5.58 Å². The molecule has 0 amide bonds. The van der Waals surface area contributed by atoms with Gasteiger partial charge in [-0.15, -0.1) is 0 Å². The van der Waals surface area contributed by atoms with Crippen molar-refractivity contribution in [3.8, 4) is 5.75 Å². The van der Waals surface area contributed by atoms with Gasteiger partial charge in [0.25, 0.3) is 5.56 Å². The van der Waals surface area contributed by atoms with Crippen LogP contribution in [0.4, 0.5) is 0 Å². The number of aromatic amines is 1. The first-order chi connectivity index (χ1) is 12.1. The van der Waals surface area contributed by atoms with E-state index in [2.05, 4.69) is 11.9 Å². The Hall–Kier alpha value is -2.47. The van der Waals surface area contributed by atoms with Crippen LogP contribution >= 0.6 is 11.6 Å². The lowest BCUT2D eigenvalue weighted by Crippen LogP contribution is -2.19. The van der Waals surface area contributed by atoms with E-state index in [4.69, 9.17) is 20.8 Å². The van der Waals surface area contributed by atoms with Crippen molar-refractivity contribution in [3.05, 3.63) is 62.0 Å². The first-order valence-electron chi connectivity index (χ1n) is 8.21. The van der Waals surface area contributed by atoms with Crippen LogP contribution in [-0.2, 0) is 6.54 Å². The van der Waals surface area contributed by atoms with E-state index in [0.717, 1.165) is 19.3 Å². The summed E-state index contributed by atoms with van der Waals surface area (Å²) < 4.78 is 12.1. The Kier molecular flexibility index (Phi) is 5.28. The third kappa shape index (κ3) is 4.14. The van der Waals surface area contributed by atoms with Crippen molar-refractivity contribution in [2.24, 2.45) is 0 Å². The van der Waals surface area contributed by atoms with Crippen LogP contribution in [0.5, 0.6) is 5.75 Å². The highest BCUT2D eigenvalue weighted by Crippen LogP contribution is 2.23. The SMILES string of the molecule is CCCCCOc1ccn(Cc2cc3oc(=O)[nH]c3cc2Cl)c(=O)c1. The molecule has 2 heterocycles. The number of benzene rings is 1. The van der Waals surface area contributed by atoms with Gasteiger partial charge >= 0.3 is 5.76 Å². The van der Waals surface area contributed by atoms with E-state index >= 15 is 0 Å². The number of halogens is 1. The molecule has 3 rings (SSSR count). The third-order valence-corrected chi connectivity index (χ3v) is 4.26. The minimum atomic E-state index is -0.537. The lowest BCUT2D eigenvalue weighted by molar-refractivity contribution is 0.305. The molecule has 2 aromatic heterocycles. The molecule has 25 heavy (non-hydrogen) atoms. The molecular weight excluding hydrogens is 344 g/mol. The highest BCUT2D eigenvalue weighted by molar-refractivity contribution is 6.32. The normalized spacial score (nSPS) is 11.1. The Morgan fingerprint density at radius 3 is 2.84 bits per heavy atom. The molecule has 0 aliphatic heterocycles. The third-order valence-electron chi connectivity index (χ3n) is 3.91. The lowest BCUT2D eigenvalue weighted by atomic mass is 10.2. The first-order valence-corrected chi connectivity index (χ1v) is 8.59. The van der Waals surface area contributed by atoms with Gasteiger partial charge in [0.05, 0.1) is 18.7 Å². The summed E-state index contributed by atoms with van der Waals surface area (Å²) >= 11 is 6.24. The molecule has 0 radical (unpaired) electrons. The van der Waals surface area contributed by atoms with Crippen LogP contribution in [-0.4, -0.2) is 16.2 Å². The molecule has 3 aromatic rings. The summed E-state index contributed by atoms with van der Waals surface area (Å²) in [5.41, 5.74) is 1.45. The molecule has 132 valence electrons. The number of oxazole rings is 1. The van der Waals surface area contributed by atoms with E-state index in [-0.39, 0.29) is 12.1 Å². The van der Waals surface area contributed by atoms with Gasteiger partial charge in [-0.25, -0.2) is 4.79 Å². The minimum absolute atomic E-state index is 0.181. The zero-order valence-electron chi connectivity index (χ0n) is 13.9. The maximum Gasteiger partial charge on any atom is 0.417 e. The van der Waals surface area contributed by atoms with Crippen LogP contribution in [0.2, 0.25) is 5.02 Å². The number of H-pyrrole nitrogens is 1. The number of nitrogens with one attached hydrogen (secondary N) is 1. The van der Waals surface area contributed by atoms with E-state index < -0.39 is 5.76 Å². The summed E-state index contributed by atoms with van der Waals surface area (Å²) in [6.07, 6.45) is 4.87. The standard InChI is InChI=1S/C18H19ClN2O4/c1-2-3-4-7-24-13-5-6-21(17(22)9-13)11-12-8-16-15(10-14(12)19)20-18(23)25-16/h5-6,8-10H,2-4,7,11H2,1H3,(H,20,23). The Bertz CT molecular complexity index is 987. The molecular formula is C18H19ClN2O4. The zero-order chi connectivity index (χ0) is 17.8. The van der Waals surface area contributed by atoms with Crippen molar-refractivity contribution in [2.45, 2.75) is 32.7 Å². The lowest BCUT2D eigenvalue weighted by Gasteiger charge is -2.10. The fourth-order valence-corrected chi connectivity index (χ4v) is 2.79. The molecule has 0 unspecified atom stereocenters. The van der Waals surface area contributed by atoms with Gasteiger partial charge in [-0.1, -0.05) is 31.4 Å². The summed E-state index contributed by atoms with van der Waals surface area (Å²) in [6, 6.07) is 6.51. The predicted molar refractivity (Wildman–Crippen MR) is 96.7 cm³/mol. The molecule has 0 aliphatic rings. The summed E-state index contributed by atoms with van der Waals surface area (Å²) in [7, 11) is 0. The van der Waals surface area contributed by atoms with Crippen molar-refractivity contribution in [2.75, 3.05) is 6.61 Å². The fraction of sp³-hybridized carbons (Fsp3) is 0.333. The second kappa shape index (κ2) is 7.61. The number of nitrogens with zero attached hydrogens (tertiary/aromatic N) is 1. The van der Waals surface area contributed by atoms with Gasteiger partial charge in [0.1, 0.15) is 5.75 Å². The van der Waals surface area contributed by atoms with Gasteiger partial charge in [0.2, 0.25) is 0 Å². The fourth-order valence-electron chi connectivity index (χ4n) is 2.57. The summed E-state index contributed by atoms with van der Waals surface area (Å²) in [5.74, 6) is 0.0282. The number of ether oxygens (including phenoxy) is 1. The van der Waals surface area contributed by atoms with E-state index in [9.17, 15) is 9.59 Å². The number of rotatable bonds is 7. The minimum Gasteiger partial charge on any atom is -0.493 e. The summed E-state index contributed by atoms with van der Waals surface area (Å²) in [4.78, 5) is 26.1. The van der Waals surface area contributed by atoms with E-state index in [0.29, 0.717) is 34.0 Å². The molecule has 0 atom stereocenters. The zero-order valence-corrected chi connectivity index (χ0v) is 14.6. The van der Waals surface area contributed by atoms with Crippen LogP contribution in [0, 0.1) is 0 Å². The van der Waals surface area contributed by atoms with E-state index in [1.165, 1.54) is 10.6 Å². The molecule has 0 aliphatic carbocycles. The average molecular weight is 363 g/mol. The first kappa shape index (κ1) is 17.4. The molecule has 0 spiro atoms. The summed E-state index contributed by atoms with van der Waals surface area (Å²) in [6.45, 7) is 3.01. The smallest absolute Gasteiger partial charge is 0.417 e. The van der Waals surface area contributed by atoms with Crippen LogP contribution in [0.1, 0.15) is 31.7 Å². The Labute approximate surface area is 149 Å². The number of aromatic nitrogens is 2. The molecule has 7 heteroatoms. The van der Waals surface area contributed by atoms with E-state index in [1.807, 2.05) is 0 Å². The van der Waals surface area contributed by atoms with Crippen molar-refractivity contribution < 1.29 is 9.15 Å². The van der Waals surface area contributed by atoms with Gasteiger partial charge in [-0.3, -0.25) is 9.78 Å². The number of pyridine rings is 1. The van der Waals surface area contributed by atoms with Gasteiger partial charge < -0.3 is 13.7 Å². The number of hydrogen-bond donors (Lipinski definition) is 1. The second-order valence-electron chi connectivity index (χ2n) is 5.84. The quantitative estimate of drug-likeness (QED) is 0.652. The molecule has 6 nitrogen and oxygen atoms in total. The Morgan fingerprint density at radius 1 is 1.24 bits per heavy atom. The second-order valence-corrected chi connectivity index (χ2v) is 6.25. The Balaban J connectivity index is 1.77. The number of unbranched alkanes of at least 4 members (excludes halogenated alkanes) is 2. The molecule has 0 bridgehead atoms. The van der Waals surface area contributed by atoms with Crippen LogP contribution in [0.15, 0.2) is 44.5 Å². The van der Waals surface area contributed by atoms with Crippen LogP contribution in [0.3, 0.4) is 0 Å². The molecule has 0 saturated carbocycles. The number of hydrogen-bond acceptors (Lipinski definition) is 4. The maximum absolute atomic E-state index is 12.3. The Morgan fingerprint density at radius 2 is 2.08 bits per heavy atom. The van der Waals surface area contributed by atoms with Crippen LogP contribution in [0.25, 0.3) is 11.1 Å². The summed E-state index contributed by atoms with van der Waals surface area (Å²) in [5, 5.41) is 0.455. The van der Waals surface area contributed by atoms with Gasteiger partial charge in [-0.2, -0.15) is 0 Å². The molecule has 1 aromatic carbocycles. The topological polar surface area (TPSA) is 77.2 Å². The predicted octanol–water partition coefficient (Wildman–Crippen LogP) is 3.55. The largest absolute Gasteiger partial charge is 0.493 e. The highest BCUT2D eigenvalue weighted by Gasteiger charge is 2.09. The molecule has 1 N–H and O–H groups in total. The van der Waals surface area contributed by atoms with Gasteiger partial charge in [-0.05, 0) is 30.2 Å². The van der Waals surface area contributed by atoms with Crippen molar-refractivity contribution >= 4 is 22.7 Å². The highest BCUT2D eigenvalue weighted by atomic mass is 35.5. The van der Waals surface area contributed by atoms with Crippen molar-refractivity contribution in [1.82, 2.24) is 9.55 Å². The number of fused-ring (bicyclic) bond motifs is 1. The maximum atomic E-state index is 12.3.